The van der Waals surface area contributed by atoms with Gasteiger partial charge in [-0.15, -0.1) is 0 Å². The molecule has 0 saturated heterocycles. The van der Waals surface area contributed by atoms with E-state index in [2.05, 4.69) is 31.6 Å². The molecule has 2 nitrogen and oxygen atoms in total. The van der Waals surface area contributed by atoms with Crippen LogP contribution >= 0.6 is 0 Å². The summed E-state index contributed by atoms with van der Waals surface area (Å²) in [6.45, 7) is 6.70. The van der Waals surface area contributed by atoms with Gasteiger partial charge < -0.3 is 0 Å². The van der Waals surface area contributed by atoms with E-state index in [0.717, 1.165) is 24.2 Å². The van der Waals surface area contributed by atoms with Crippen molar-refractivity contribution in [3.05, 3.63) is 0 Å². The molecular weight excluding hydrogens is 231 g/mol. The molecule has 0 aromatic carbocycles. The SMILES string of the molecule is [Li][CH](C)CCCOCOCCCCCCCCCC. The van der Waals surface area contributed by atoms with E-state index >= 15 is 0 Å². The van der Waals surface area contributed by atoms with E-state index in [9.17, 15) is 0 Å². The molecule has 0 spiro atoms. The van der Waals surface area contributed by atoms with Crippen LogP contribution in [0.4, 0.5) is 0 Å². The van der Waals surface area contributed by atoms with Gasteiger partial charge in [0.1, 0.15) is 0 Å². The van der Waals surface area contributed by atoms with E-state index in [1.54, 1.807) is 0 Å². The summed E-state index contributed by atoms with van der Waals surface area (Å²) >= 11 is 2.25. The van der Waals surface area contributed by atoms with Crippen molar-refractivity contribution in [1.82, 2.24) is 0 Å². The molecule has 3 heteroatoms. The normalized spacial score (nSPS) is 12.8. The van der Waals surface area contributed by atoms with Crippen LogP contribution in [0, 0.1) is 0 Å². The molecule has 0 rings (SSSR count). The Hall–Kier alpha value is 0.517. The van der Waals surface area contributed by atoms with Crippen molar-refractivity contribution in [1.29, 1.82) is 0 Å². The number of rotatable bonds is 15. The van der Waals surface area contributed by atoms with Crippen molar-refractivity contribution < 1.29 is 9.47 Å². The zero-order valence-corrected chi connectivity index (χ0v) is 13.6. The third-order valence-corrected chi connectivity index (χ3v) is 3.38. The molecule has 0 aliphatic carbocycles. The van der Waals surface area contributed by atoms with E-state index in [4.69, 9.17) is 9.47 Å². The van der Waals surface area contributed by atoms with E-state index in [-0.39, 0.29) is 0 Å². The van der Waals surface area contributed by atoms with Gasteiger partial charge >= 0.3 is 97.2 Å². The molecule has 0 bridgehead atoms. The Morgan fingerprint density at radius 1 is 0.789 bits per heavy atom. The molecule has 0 amide bonds. The van der Waals surface area contributed by atoms with Gasteiger partial charge in [-0.3, -0.25) is 0 Å². The van der Waals surface area contributed by atoms with Gasteiger partial charge in [-0.25, -0.2) is 0 Å². The molecule has 19 heavy (non-hydrogen) atoms. The second-order valence-electron chi connectivity index (χ2n) is 5.95. The molecule has 0 radical (unpaired) electrons. The number of ether oxygens (including phenoxy) is 2. The van der Waals surface area contributed by atoms with Crippen LogP contribution in [0.25, 0.3) is 0 Å². The van der Waals surface area contributed by atoms with Crippen molar-refractivity contribution in [3.8, 4) is 0 Å². The van der Waals surface area contributed by atoms with E-state index in [1.165, 1.54) is 57.8 Å². The van der Waals surface area contributed by atoms with Crippen LogP contribution < -0.4 is 0 Å². The predicted octanol–water partition coefficient (Wildman–Crippen LogP) is 4.87. The van der Waals surface area contributed by atoms with Crippen LogP contribution in [0.15, 0.2) is 0 Å². The Morgan fingerprint density at radius 3 is 1.89 bits per heavy atom. The molecule has 0 aliphatic heterocycles. The van der Waals surface area contributed by atoms with Crippen LogP contribution in [0.2, 0.25) is 4.59 Å². The van der Waals surface area contributed by atoms with Crippen LogP contribution in [0.5, 0.6) is 0 Å². The van der Waals surface area contributed by atoms with Crippen molar-refractivity contribution >= 4 is 17.7 Å². The first-order valence-corrected chi connectivity index (χ1v) is 8.42. The fourth-order valence-electron chi connectivity index (χ4n) is 2.11. The van der Waals surface area contributed by atoms with E-state index in [1.807, 2.05) is 0 Å². The minimum Gasteiger partial charge on any atom is -0.0654 e. The monoisotopic (exact) mass is 264 g/mol. The summed E-state index contributed by atoms with van der Waals surface area (Å²) in [5, 5.41) is 0. The van der Waals surface area contributed by atoms with Gasteiger partial charge in [-0.1, -0.05) is 32.6 Å². The molecule has 0 aromatic rings. The smallest absolute Gasteiger partial charge is 0.0654 e. The van der Waals surface area contributed by atoms with E-state index in [0.29, 0.717) is 6.79 Å². The van der Waals surface area contributed by atoms with Crippen LogP contribution in [-0.2, 0) is 9.47 Å². The van der Waals surface area contributed by atoms with Crippen LogP contribution in [-0.4, -0.2) is 37.7 Å². The minimum atomic E-state index is 0.481. The Kier molecular flexibility index (Phi) is 17.0. The fourth-order valence-corrected chi connectivity index (χ4v) is 2.11. The average Bonchev–Trinajstić information content (AvgIpc) is 2.39. The predicted molar refractivity (Wildman–Crippen MR) is 83.8 cm³/mol. The Morgan fingerprint density at radius 2 is 1.32 bits per heavy atom. The summed E-state index contributed by atoms with van der Waals surface area (Å²) in [7, 11) is 0. The summed E-state index contributed by atoms with van der Waals surface area (Å²) in [5.41, 5.74) is 0. The maximum absolute atomic E-state index is 5.46. The third kappa shape index (κ3) is 18.5. The maximum atomic E-state index is 5.46. The van der Waals surface area contributed by atoms with Gasteiger partial charge in [-0.05, 0) is 0 Å². The van der Waals surface area contributed by atoms with Crippen molar-refractivity contribution in [2.75, 3.05) is 20.0 Å². The first kappa shape index (κ1) is 19.5. The van der Waals surface area contributed by atoms with Gasteiger partial charge in [0.25, 0.3) is 0 Å². The van der Waals surface area contributed by atoms with Crippen LogP contribution in [0.3, 0.4) is 0 Å². The van der Waals surface area contributed by atoms with Crippen molar-refractivity contribution in [2.45, 2.75) is 82.6 Å². The molecule has 0 fully saturated rings. The average molecular weight is 264 g/mol. The topological polar surface area (TPSA) is 18.5 Å². The number of unbranched alkanes of at least 4 members (excludes halogenated alkanes) is 7. The molecular formula is C16H33LiO2. The standard InChI is InChI=1S/C16H33O2.Li/c1-3-5-7-8-9-10-11-13-15-18-16-17-14-12-6-4-2;/h4H,3,5-16H2,1-2H3;. The summed E-state index contributed by atoms with van der Waals surface area (Å²) in [4.78, 5) is 0. The quantitative estimate of drug-likeness (QED) is 0.238. The van der Waals surface area contributed by atoms with Crippen molar-refractivity contribution in [2.24, 2.45) is 0 Å². The summed E-state index contributed by atoms with van der Waals surface area (Å²) in [6.07, 6.45) is 13.2. The summed E-state index contributed by atoms with van der Waals surface area (Å²) in [5.74, 6) is 0. The van der Waals surface area contributed by atoms with Gasteiger partial charge in [0.05, 0.1) is 0 Å². The fraction of sp³-hybridized carbons (Fsp3) is 1.00. The van der Waals surface area contributed by atoms with Gasteiger partial charge in [0.15, 0.2) is 0 Å². The molecule has 0 aliphatic rings. The summed E-state index contributed by atoms with van der Waals surface area (Å²) < 4.78 is 11.7. The Labute approximate surface area is 130 Å². The van der Waals surface area contributed by atoms with Crippen LogP contribution in [0.1, 0.15) is 78.1 Å². The van der Waals surface area contributed by atoms with Crippen molar-refractivity contribution in [3.63, 3.8) is 0 Å². The second kappa shape index (κ2) is 16.6. The zero-order valence-electron chi connectivity index (χ0n) is 13.6. The molecule has 0 aromatic heterocycles. The second-order valence-corrected chi connectivity index (χ2v) is 5.95. The minimum absolute atomic E-state index is 0.481. The van der Waals surface area contributed by atoms with E-state index < -0.39 is 0 Å². The Balaban J connectivity index is 2.91. The Bertz CT molecular complexity index is 163. The first-order valence-electron chi connectivity index (χ1n) is 8.42. The number of hydrogen-bond donors (Lipinski definition) is 0. The molecule has 0 saturated carbocycles. The molecule has 0 N–H and O–H groups in total. The third-order valence-electron chi connectivity index (χ3n) is 3.38. The number of hydrogen-bond acceptors (Lipinski definition) is 2. The molecule has 1 unspecified atom stereocenters. The first-order chi connectivity index (χ1) is 9.27. The van der Waals surface area contributed by atoms with Gasteiger partial charge in [-0.2, -0.15) is 0 Å². The zero-order chi connectivity index (χ0) is 14.2. The molecule has 1 atom stereocenters. The van der Waals surface area contributed by atoms with Gasteiger partial charge in [0.2, 0.25) is 0 Å². The van der Waals surface area contributed by atoms with Gasteiger partial charge in [0, 0.05) is 0 Å². The molecule has 0 heterocycles. The molecule has 110 valence electrons. The summed E-state index contributed by atoms with van der Waals surface area (Å²) in [6, 6.07) is 0.